The summed E-state index contributed by atoms with van der Waals surface area (Å²) >= 11 is 0. The summed E-state index contributed by atoms with van der Waals surface area (Å²) in [6.07, 6.45) is 16.8. The van der Waals surface area contributed by atoms with Gasteiger partial charge in [0.05, 0.1) is 0 Å². The first kappa shape index (κ1) is 32.1. The second-order valence-electron chi connectivity index (χ2n) is 13.2. The Hall–Kier alpha value is -5.10. The van der Waals surface area contributed by atoms with Gasteiger partial charge in [0, 0.05) is 28.4 Å². The number of hydrogen-bond donors (Lipinski definition) is 0. The fourth-order valence-electron chi connectivity index (χ4n) is 7.55. The molecule has 0 saturated carbocycles. The highest BCUT2D eigenvalue weighted by Crippen LogP contribution is 2.43. The maximum Gasteiger partial charge on any atom is 0.129 e. The van der Waals surface area contributed by atoms with Crippen LogP contribution < -0.4 is 0 Å². The van der Waals surface area contributed by atoms with Crippen molar-refractivity contribution in [2.24, 2.45) is 0 Å². The fraction of sp³-hybridized carbons (Fsp3) is 0.174. The second-order valence-corrected chi connectivity index (χ2v) is 13.2. The number of ether oxygens (including phenoxy) is 4. The number of hydrogen-bond acceptors (Lipinski definition) is 4. The molecule has 0 N–H and O–H groups in total. The van der Waals surface area contributed by atoms with Gasteiger partial charge < -0.3 is 18.9 Å². The van der Waals surface area contributed by atoms with E-state index in [9.17, 15) is 0 Å². The zero-order valence-electron chi connectivity index (χ0n) is 28.8. The summed E-state index contributed by atoms with van der Waals surface area (Å²) in [4.78, 5) is 0. The van der Waals surface area contributed by atoms with Crippen molar-refractivity contribution in [3.8, 4) is 33.4 Å². The van der Waals surface area contributed by atoms with E-state index in [-0.39, 0.29) is 0 Å². The molecule has 0 heterocycles. The lowest BCUT2D eigenvalue weighted by Gasteiger charge is -2.36. The van der Waals surface area contributed by atoms with Crippen LogP contribution in [0, 0.1) is 0 Å². The third-order valence-electron chi connectivity index (χ3n) is 10.9. The third-order valence-corrected chi connectivity index (χ3v) is 10.9. The average molecular weight is 657 g/mol. The van der Waals surface area contributed by atoms with Crippen LogP contribution in [0.5, 0.6) is 0 Å². The predicted octanol–water partition coefficient (Wildman–Crippen LogP) is 10.0. The van der Waals surface area contributed by atoms with Gasteiger partial charge in [-0.25, -0.2) is 0 Å². The lowest BCUT2D eigenvalue weighted by Crippen LogP contribution is -2.33. The van der Waals surface area contributed by atoms with Gasteiger partial charge in [-0.2, -0.15) is 0 Å². The Morgan fingerprint density at radius 1 is 0.240 bits per heavy atom. The van der Waals surface area contributed by atoms with Crippen LogP contribution in [0.2, 0.25) is 0 Å². The summed E-state index contributed by atoms with van der Waals surface area (Å²) in [6.45, 7) is 0. The zero-order chi connectivity index (χ0) is 34.4. The van der Waals surface area contributed by atoms with E-state index in [2.05, 4.69) is 170 Å². The summed E-state index contributed by atoms with van der Waals surface area (Å²) in [6, 6.07) is 43.1. The molecule has 0 aromatic heterocycles. The largest absolute Gasteiger partial charge is 0.365 e. The summed E-state index contributed by atoms with van der Waals surface area (Å²) in [5.74, 6) is 0. The highest BCUT2D eigenvalue weighted by molar-refractivity contribution is 5.71. The van der Waals surface area contributed by atoms with Crippen molar-refractivity contribution in [2.45, 2.75) is 22.4 Å². The van der Waals surface area contributed by atoms with Crippen molar-refractivity contribution < 1.29 is 18.9 Å². The molecule has 17 aliphatic carbocycles. The van der Waals surface area contributed by atoms with E-state index in [1.807, 2.05) is 0 Å². The summed E-state index contributed by atoms with van der Waals surface area (Å²) in [5.41, 5.74) is 8.17. The van der Waals surface area contributed by atoms with Crippen molar-refractivity contribution in [2.75, 3.05) is 28.4 Å². The van der Waals surface area contributed by atoms with Crippen LogP contribution in [0.1, 0.15) is 22.3 Å². The monoisotopic (exact) mass is 656 g/mol. The number of rotatable bonds is 4. The zero-order valence-corrected chi connectivity index (χ0v) is 28.8. The molecule has 17 aliphatic rings. The first-order chi connectivity index (χ1) is 24.4. The maximum absolute atomic E-state index is 6.16. The number of methoxy groups -OCH3 is 4. The average Bonchev–Trinajstić information content (AvgIpc) is 3.21. The first-order valence-corrected chi connectivity index (χ1v) is 16.9. The Morgan fingerprint density at radius 3 is 0.520 bits per heavy atom. The third kappa shape index (κ3) is 5.15. The Balaban J connectivity index is 1.23. The van der Waals surface area contributed by atoms with Crippen molar-refractivity contribution >= 4 is 0 Å². The molecule has 50 heavy (non-hydrogen) atoms. The molecule has 248 valence electrons. The van der Waals surface area contributed by atoms with Crippen molar-refractivity contribution in [3.05, 3.63) is 192 Å². The van der Waals surface area contributed by atoms with Crippen LogP contribution in [0.4, 0.5) is 0 Å². The van der Waals surface area contributed by atoms with Crippen molar-refractivity contribution in [1.82, 2.24) is 0 Å². The lowest BCUT2D eigenvalue weighted by atomic mass is 9.80. The van der Waals surface area contributed by atoms with Crippen molar-refractivity contribution in [3.63, 3.8) is 0 Å². The van der Waals surface area contributed by atoms with Gasteiger partial charge in [0.2, 0.25) is 0 Å². The Morgan fingerprint density at radius 2 is 0.380 bits per heavy atom. The van der Waals surface area contributed by atoms with E-state index in [1.54, 1.807) is 28.4 Å². The van der Waals surface area contributed by atoms with E-state index in [4.69, 9.17) is 18.9 Å². The second kappa shape index (κ2) is 12.3. The SMILES string of the molecule is COC12C=CC(OC)(C=C1)c1ccc(cc1)-c1ccc(cc1)C1(OC)C=CC(OC)(C=C1)c1ccc(cc1)-c1ccc(cc1)-c1ccc2cc1. The normalized spacial score (nSPS) is 25.9. The van der Waals surface area contributed by atoms with E-state index in [1.165, 1.54) is 0 Å². The highest BCUT2D eigenvalue weighted by Gasteiger charge is 2.38. The molecular formula is C46H40O4. The smallest absolute Gasteiger partial charge is 0.129 e. The van der Waals surface area contributed by atoms with Gasteiger partial charge in [-0.1, -0.05) is 121 Å². The van der Waals surface area contributed by atoms with Gasteiger partial charge in [0.15, 0.2) is 0 Å². The minimum absolute atomic E-state index is 0.703. The fourth-order valence-corrected chi connectivity index (χ4v) is 7.55. The van der Waals surface area contributed by atoms with Gasteiger partial charge in [0.25, 0.3) is 0 Å². The van der Waals surface area contributed by atoms with Gasteiger partial charge in [-0.05, 0) is 104 Å². The van der Waals surface area contributed by atoms with Crippen LogP contribution >= 0.6 is 0 Å². The van der Waals surface area contributed by atoms with E-state index in [0.29, 0.717) is 0 Å². The van der Waals surface area contributed by atoms with Crippen LogP contribution in [-0.4, -0.2) is 28.4 Å². The van der Waals surface area contributed by atoms with E-state index in [0.717, 1.165) is 55.6 Å². The number of benzene rings is 5. The molecule has 22 rings (SSSR count). The standard InChI is InChI=1S/C46H40O4/c1-47-43-25-29-45(49-3,30-26-43)41-21-13-37(14-22-41)38-15-23-42(24-16-38)46(50-4)31-27-44(48-2,28-32-46)40-19-11-36(12-20-40)34-7-5-33(6-8-34)35-9-17-39(43)18-10-35/h5-32H,1-4H3. The molecule has 0 amide bonds. The molecule has 0 aliphatic heterocycles. The molecule has 4 nitrogen and oxygen atoms in total. The maximum atomic E-state index is 6.16. The molecule has 5 aromatic rings. The summed E-state index contributed by atoms with van der Waals surface area (Å²) in [5, 5.41) is 0. The van der Waals surface area contributed by atoms with Crippen LogP contribution in [0.25, 0.3) is 33.4 Å². The van der Waals surface area contributed by atoms with Gasteiger partial charge in [-0.3, -0.25) is 0 Å². The Kier molecular flexibility index (Phi) is 7.93. The topological polar surface area (TPSA) is 36.9 Å². The molecule has 0 spiro atoms. The molecule has 0 radical (unpaired) electrons. The lowest BCUT2D eigenvalue weighted by molar-refractivity contribution is 0.0421. The minimum Gasteiger partial charge on any atom is -0.365 e. The molecule has 0 saturated heterocycles. The van der Waals surface area contributed by atoms with Crippen LogP contribution in [0.15, 0.2) is 170 Å². The first-order valence-electron chi connectivity index (χ1n) is 16.9. The Labute approximate surface area is 294 Å². The van der Waals surface area contributed by atoms with Crippen LogP contribution in [-0.2, 0) is 41.4 Å². The van der Waals surface area contributed by atoms with Crippen molar-refractivity contribution in [1.29, 1.82) is 0 Å². The highest BCUT2D eigenvalue weighted by atomic mass is 16.5. The predicted molar refractivity (Wildman–Crippen MR) is 200 cm³/mol. The molecule has 0 unspecified atom stereocenters. The summed E-state index contributed by atoms with van der Waals surface area (Å²) < 4.78 is 24.6. The van der Waals surface area contributed by atoms with Gasteiger partial charge in [0.1, 0.15) is 22.4 Å². The van der Waals surface area contributed by atoms with Gasteiger partial charge >= 0.3 is 0 Å². The molecule has 0 fully saturated rings. The van der Waals surface area contributed by atoms with E-state index >= 15 is 0 Å². The van der Waals surface area contributed by atoms with E-state index < -0.39 is 22.4 Å². The Bertz CT molecular complexity index is 1930. The quantitative estimate of drug-likeness (QED) is 0.181. The molecular weight excluding hydrogens is 617 g/mol. The van der Waals surface area contributed by atoms with Crippen LogP contribution in [0.3, 0.4) is 0 Å². The molecule has 0 atom stereocenters. The summed E-state index contributed by atoms with van der Waals surface area (Å²) in [7, 11) is 6.99. The molecule has 5 aromatic carbocycles. The molecule has 4 heteroatoms. The minimum atomic E-state index is -0.712. The molecule has 14 bridgehead atoms. The van der Waals surface area contributed by atoms with Gasteiger partial charge in [-0.15, -0.1) is 0 Å².